The predicted molar refractivity (Wildman–Crippen MR) is 111 cm³/mol. The molecule has 29 heavy (non-hydrogen) atoms. The van der Waals surface area contributed by atoms with Crippen molar-refractivity contribution in [2.24, 2.45) is 0 Å². The van der Waals surface area contributed by atoms with Crippen molar-refractivity contribution >= 4 is 21.4 Å². The Bertz CT molecular complexity index is 1020. The number of hydrogen-bond acceptors (Lipinski definition) is 6. The molecule has 0 aliphatic carbocycles. The minimum atomic E-state index is -3.72. The second kappa shape index (κ2) is 8.38. The van der Waals surface area contributed by atoms with Gasteiger partial charge in [0.25, 0.3) is 5.69 Å². The zero-order valence-electron chi connectivity index (χ0n) is 16.8. The normalized spacial score (nSPS) is 14.7. The zero-order valence-corrected chi connectivity index (χ0v) is 17.6. The Hall–Kier alpha value is -2.65. The van der Waals surface area contributed by atoms with E-state index in [1.807, 2.05) is 25.1 Å². The van der Waals surface area contributed by atoms with Crippen molar-refractivity contribution in [3.63, 3.8) is 0 Å². The number of benzene rings is 2. The summed E-state index contributed by atoms with van der Waals surface area (Å²) in [5, 5.41) is 11.7. The molecule has 156 valence electrons. The summed E-state index contributed by atoms with van der Waals surface area (Å²) < 4.78 is 32.3. The average molecular weight is 420 g/mol. The molecule has 0 saturated carbocycles. The van der Waals surface area contributed by atoms with Crippen LogP contribution >= 0.6 is 0 Å². The molecule has 0 aromatic heterocycles. The lowest BCUT2D eigenvalue weighted by atomic mass is 10.1. The number of ether oxygens (including phenoxy) is 1. The quantitative estimate of drug-likeness (QED) is 0.505. The molecule has 8 nitrogen and oxygen atoms in total. The van der Waals surface area contributed by atoms with E-state index >= 15 is 0 Å². The number of methoxy groups -OCH3 is 1. The summed E-state index contributed by atoms with van der Waals surface area (Å²) in [7, 11) is -0.409. The Kier molecular flexibility index (Phi) is 6.09. The second-order valence-electron chi connectivity index (χ2n) is 7.19. The van der Waals surface area contributed by atoms with E-state index in [1.54, 1.807) is 19.1 Å². The summed E-state index contributed by atoms with van der Waals surface area (Å²) in [6.45, 7) is 3.24. The predicted octanol–water partition coefficient (Wildman–Crippen LogP) is 3.33. The Morgan fingerprint density at radius 1 is 1.17 bits per heavy atom. The van der Waals surface area contributed by atoms with E-state index < -0.39 is 14.9 Å². The molecule has 0 spiro atoms. The van der Waals surface area contributed by atoms with Gasteiger partial charge in [0.15, 0.2) is 0 Å². The summed E-state index contributed by atoms with van der Waals surface area (Å²) in [4.78, 5) is 12.8. The largest absolute Gasteiger partial charge is 0.496 e. The van der Waals surface area contributed by atoms with E-state index in [1.165, 1.54) is 16.4 Å². The van der Waals surface area contributed by atoms with Gasteiger partial charge in [-0.2, -0.15) is 4.31 Å². The molecule has 1 saturated heterocycles. The monoisotopic (exact) mass is 419 g/mol. The Morgan fingerprint density at radius 3 is 2.48 bits per heavy atom. The number of hydrogen-bond donors (Lipinski definition) is 0. The molecular weight excluding hydrogens is 394 g/mol. The Morgan fingerprint density at radius 2 is 1.86 bits per heavy atom. The van der Waals surface area contributed by atoms with Gasteiger partial charge in [-0.1, -0.05) is 17.7 Å². The number of rotatable bonds is 7. The minimum Gasteiger partial charge on any atom is -0.496 e. The fraction of sp³-hybridized carbons (Fsp3) is 0.400. The van der Waals surface area contributed by atoms with E-state index in [9.17, 15) is 18.5 Å². The highest BCUT2D eigenvalue weighted by atomic mass is 32.2. The van der Waals surface area contributed by atoms with Crippen molar-refractivity contribution in [2.45, 2.75) is 31.2 Å². The van der Waals surface area contributed by atoms with E-state index in [2.05, 4.69) is 0 Å². The molecule has 0 bridgehead atoms. The SMILES string of the molecule is COc1ccc(C)cc1CN(C)c1ccc(S(=O)(=O)N2CCCC2)cc1[N+](=O)[O-]. The number of anilines is 1. The molecule has 0 radical (unpaired) electrons. The first kappa shape index (κ1) is 21.1. The van der Waals surface area contributed by atoms with Crippen molar-refractivity contribution in [1.82, 2.24) is 4.31 Å². The van der Waals surface area contributed by atoms with Crippen LogP contribution in [0, 0.1) is 17.0 Å². The number of aryl methyl sites for hydroxylation is 1. The van der Waals surface area contributed by atoms with E-state index in [4.69, 9.17) is 4.74 Å². The van der Waals surface area contributed by atoms with Crippen LogP contribution in [0.5, 0.6) is 5.75 Å². The lowest BCUT2D eigenvalue weighted by Gasteiger charge is -2.22. The van der Waals surface area contributed by atoms with Crippen molar-refractivity contribution < 1.29 is 18.1 Å². The summed E-state index contributed by atoms with van der Waals surface area (Å²) in [5.74, 6) is 0.693. The molecule has 2 aromatic carbocycles. The molecule has 3 rings (SSSR count). The molecule has 1 fully saturated rings. The molecule has 0 N–H and O–H groups in total. The smallest absolute Gasteiger partial charge is 0.293 e. The molecule has 0 amide bonds. The Labute approximate surface area is 170 Å². The Balaban J connectivity index is 1.95. The van der Waals surface area contributed by atoms with Crippen molar-refractivity contribution in [3.05, 3.63) is 57.6 Å². The molecule has 0 unspecified atom stereocenters. The maximum atomic E-state index is 12.8. The number of nitrogens with zero attached hydrogens (tertiary/aromatic N) is 3. The van der Waals surface area contributed by atoms with Gasteiger partial charge < -0.3 is 9.64 Å². The van der Waals surface area contributed by atoms with Crippen LogP contribution in [-0.4, -0.2) is 44.9 Å². The van der Waals surface area contributed by atoms with Crippen molar-refractivity contribution in [2.75, 3.05) is 32.1 Å². The van der Waals surface area contributed by atoms with Crippen LogP contribution in [-0.2, 0) is 16.6 Å². The number of nitro benzene ring substituents is 1. The first-order valence-electron chi connectivity index (χ1n) is 9.37. The zero-order chi connectivity index (χ0) is 21.2. The lowest BCUT2D eigenvalue weighted by molar-refractivity contribution is -0.384. The summed E-state index contributed by atoms with van der Waals surface area (Å²) in [6.07, 6.45) is 1.61. The molecule has 2 aromatic rings. The lowest BCUT2D eigenvalue weighted by Crippen LogP contribution is -2.28. The third kappa shape index (κ3) is 4.35. The van der Waals surface area contributed by atoms with Gasteiger partial charge in [-0.05, 0) is 38.0 Å². The van der Waals surface area contributed by atoms with Crippen LogP contribution in [0.25, 0.3) is 0 Å². The molecular formula is C20H25N3O5S. The molecule has 9 heteroatoms. The minimum absolute atomic E-state index is 0.0450. The van der Waals surface area contributed by atoms with Crippen LogP contribution in [0.2, 0.25) is 0 Å². The van der Waals surface area contributed by atoms with Crippen molar-refractivity contribution in [3.8, 4) is 5.75 Å². The van der Waals surface area contributed by atoms with Crippen molar-refractivity contribution in [1.29, 1.82) is 0 Å². The topological polar surface area (TPSA) is 93.0 Å². The maximum Gasteiger partial charge on any atom is 0.293 e. The summed E-state index contributed by atoms with van der Waals surface area (Å²) >= 11 is 0. The number of nitro groups is 1. The summed E-state index contributed by atoms with van der Waals surface area (Å²) in [5.41, 5.74) is 2.05. The molecule has 1 aliphatic rings. The van der Waals surface area contributed by atoms with E-state index in [-0.39, 0.29) is 10.6 Å². The third-order valence-corrected chi connectivity index (χ3v) is 7.00. The molecule has 1 aliphatic heterocycles. The van der Waals surface area contributed by atoms with Gasteiger partial charge in [0, 0.05) is 38.3 Å². The maximum absolute atomic E-state index is 12.8. The first-order valence-corrected chi connectivity index (χ1v) is 10.8. The van der Waals surface area contributed by atoms with Crippen LogP contribution in [0.3, 0.4) is 0 Å². The fourth-order valence-corrected chi connectivity index (χ4v) is 5.12. The standard InChI is InChI=1S/C20H25N3O5S/c1-15-6-9-20(28-3)16(12-15)14-21(2)18-8-7-17(13-19(18)23(24)25)29(26,27)22-10-4-5-11-22/h6-9,12-13H,4-5,10-11,14H2,1-3H3. The highest BCUT2D eigenvalue weighted by Crippen LogP contribution is 2.33. The number of sulfonamides is 1. The third-order valence-electron chi connectivity index (χ3n) is 5.10. The van der Waals surface area contributed by atoms with Crippen LogP contribution in [0.4, 0.5) is 11.4 Å². The summed E-state index contributed by atoms with van der Waals surface area (Å²) in [6, 6.07) is 9.87. The first-order chi connectivity index (χ1) is 13.7. The molecule has 0 atom stereocenters. The fourth-order valence-electron chi connectivity index (χ4n) is 3.58. The highest BCUT2D eigenvalue weighted by Gasteiger charge is 2.30. The highest BCUT2D eigenvalue weighted by molar-refractivity contribution is 7.89. The van der Waals surface area contributed by atoms with Crippen LogP contribution < -0.4 is 9.64 Å². The van der Waals surface area contributed by atoms with Gasteiger partial charge in [-0.15, -0.1) is 0 Å². The van der Waals surface area contributed by atoms with E-state index in [0.717, 1.165) is 30.0 Å². The van der Waals surface area contributed by atoms with Gasteiger partial charge >= 0.3 is 0 Å². The van der Waals surface area contributed by atoms with Gasteiger partial charge in [-0.25, -0.2) is 8.42 Å². The van der Waals surface area contributed by atoms with Crippen LogP contribution in [0.15, 0.2) is 41.3 Å². The average Bonchev–Trinajstić information content (AvgIpc) is 3.23. The van der Waals surface area contributed by atoms with Gasteiger partial charge in [0.1, 0.15) is 11.4 Å². The van der Waals surface area contributed by atoms with E-state index in [0.29, 0.717) is 31.1 Å². The van der Waals surface area contributed by atoms with Gasteiger partial charge in [0.05, 0.1) is 16.9 Å². The second-order valence-corrected chi connectivity index (χ2v) is 9.13. The molecule has 1 heterocycles. The van der Waals surface area contributed by atoms with Gasteiger partial charge in [0.2, 0.25) is 10.0 Å². The van der Waals surface area contributed by atoms with Gasteiger partial charge in [-0.3, -0.25) is 10.1 Å². The van der Waals surface area contributed by atoms with Crippen LogP contribution in [0.1, 0.15) is 24.0 Å².